The minimum atomic E-state index is -1.25. The van der Waals surface area contributed by atoms with Crippen LogP contribution in [-0.2, 0) is 33.3 Å². The molecule has 0 unspecified atom stereocenters. The van der Waals surface area contributed by atoms with E-state index in [1.165, 1.54) is 7.11 Å². The van der Waals surface area contributed by atoms with Crippen LogP contribution in [0.5, 0.6) is 0 Å². The van der Waals surface area contributed by atoms with Gasteiger partial charge in [-0.2, -0.15) is 0 Å². The van der Waals surface area contributed by atoms with E-state index in [4.69, 9.17) is 18.9 Å². The topological polar surface area (TPSA) is 101 Å². The van der Waals surface area contributed by atoms with Crippen LogP contribution in [0.25, 0.3) is 0 Å². The van der Waals surface area contributed by atoms with Crippen molar-refractivity contribution in [1.82, 2.24) is 0 Å². The number of carboxylic acid groups (broad SMARTS) is 1. The number of methoxy groups -OCH3 is 1. The molecule has 0 aromatic carbocycles. The molecule has 2 heterocycles. The van der Waals surface area contributed by atoms with Crippen molar-refractivity contribution in [3.05, 3.63) is 0 Å². The predicted octanol–water partition coefficient (Wildman–Crippen LogP) is 0.284. The molecule has 2 saturated heterocycles. The van der Waals surface area contributed by atoms with Crippen LogP contribution in [0.15, 0.2) is 0 Å². The molecular weight excluding hydrogens is 284 g/mol. The van der Waals surface area contributed by atoms with E-state index in [2.05, 4.69) is 4.74 Å². The van der Waals surface area contributed by atoms with E-state index >= 15 is 0 Å². The smallest absolute Gasteiger partial charge is 0.337 e. The van der Waals surface area contributed by atoms with Crippen molar-refractivity contribution in [2.45, 2.75) is 63.7 Å². The third-order valence-corrected chi connectivity index (χ3v) is 3.26. The number of rotatable bonds is 3. The zero-order valence-corrected chi connectivity index (χ0v) is 12.6. The molecule has 21 heavy (non-hydrogen) atoms. The summed E-state index contributed by atoms with van der Waals surface area (Å²) in [5, 5.41) is 9.27. The van der Waals surface area contributed by atoms with E-state index in [1.54, 1.807) is 27.7 Å². The normalized spacial score (nSPS) is 37.4. The van der Waals surface area contributed by atoms with E-state index in [0.29, 0.717) is 0 Å². The largest absolute Gasteiger partial charge is 0.479 e. The highest BCUT2D eigenvalue weighted by Crippen LogP contribution is 2.38. The maximum Gasteiger partial charge on any atom is 0.337 e. The summed E-state index contributed by atoms with van der Waals surface area (Å²) in [7, 11) is 1.22. The molecule has 0 aliphatic carbocycles. The van der Waals surface area contributed by atoms with Crippen LogP contribution in [0.1, 0.15) is 27.7 Å². The molecule has 0 aromatic rings. The maximum atomic E-state index is 11.8. The first-order valence-corrected chi connectivity index (χ1v) is 6.58. The lowest BCUT2D eigenvalue weighted by Gasteiger charge is -2.24. The molecule has 0 aromatic heterocycles. The lowest BCUT2D eigenvalue weighted by atomic mass is 10.0. The van der Waals surface area contributed by atoms with Gasteiger partial charge in [-0.3, -0.25) is 0 Å². The van der Waals surface area contributed by atoms with Gasteiger partial charge in [0.2, 0.25) is 0 Å². The van der Waals surface area contributed by atoms with Crippen LogP contribution < -0.4 is 0 Å². The van der Waals surface area contributed by atoms with Crippen LogP contribution >= 0.6 is 0 Å². The Morgan fingerprint density at radius 2 is 1.33 bits per heavy atom. The molecule has 8 heteroatoms. The Hall–Kier alpha value is -1.22. The van der Waals surface area contributed by atoms with Gasteiger partial charge < -0.3 is 28.8 Å². The fourth-order valence-electron chi connectivity index (χ4n) is 2.55. The minimum absolute atomic E-state index is 0.650. The second-order valence-corrected chi connectivity index (χ2v) is 5.90. The number of hydrogen-bond donors (Lipinski definition) is 1. The van der Waals surface area contributed by atoms with Crippen molar-refractivity contribution >= 4 is 11.9 Å². The van der Waals surface area contributed by atoms with Crippen LogP contribution in [0.3, 0.4) is 0 Å². The van der Waals surface area contributed by atoms with Crippen molar-refractivity contribution in [2.75, 3.05) is 7.11 Å². The number of ether oxygens (including phenoxy) is 5. The highest BCUT2D eigenvalue weighted by molar-refractivity contribution is 5.77. The second-order valence-electron chi connectivity index (χ2n) is 5.90. The summed E-state index contributed by atoms with van der Waals surface area (Å²) in [6.45, 7) is 6.44. The van der Waals surface area contributed by atoms with Crippen molar-refractivity contribution in [2.24, 2.45) is 0 Å². The van der Waals surface area contributed by atoms with Gasteiger partial charge in [0.25, 0.3) is 0 Å². The number of hydrogen-bond acceptors (Lipinski definition) is 7. The number of aliphatic carboxylic acids is 1. The first kappa shape index (κ1) is 16.2. The Bertz CT molecular complexity index is 443. The number of carbonyl (C=O) groups is 2. The molecule has 0 bridgehead atoms. The zero-order chi connectivity index (χ0) is 16.0. The Kier molecular flexibility index (Phi) is 4.00. The third-order valence-electron chi connectivity index (χ3n) is 3.26. The Balaban J connectivity index is 2.28. The maximum absolute atomic E-state index is 11.8. The average molecular weight is 304 g/mol. The molecule has 0 saturated carbocycles. The molecule has 2 rings (SSSR count). The molecule has 2 aliphatic rings. The fraction of sp³-hybridized carbons (Fsp3) is 0.846. The fourth-order valence-corrected chi connectivity index (χ4v) is 2.55. The van der Waals surface area contributed by atoms with Gasteiger partial charge in [-0.15, -0.1) is 0 Å². The zero-order valence-electron chi connectivity index (χ0n) is 12.6. The lowest BCUT2D eigenvalue weighted by Crippen LogP contribution is -2.47. The molecular formula is C13H20O8. The average Bonchev–Trinajstić information content (AvgIpc) is 2.84. The standard InChI is InChI=1S/C13H20O8/c1-12(2)18-6(8(20-12)10(14)15)7-9(11(16)17-5)21-13(3,4)19-7/h6-9H,1-5H3,(H,14,15)/t6-,7+,8+,9-/m1/s1. The van der Waals surface area contributed by atoms with E-state index in [1.807, 2.05) is 0 Å². The van der Waals surface area contributed by atoms with Crippen molar-refractivity contribution in [3.63, 3.8) is 0 Å². The first-order valence-electron chi connectivity index (χ1n) is 6.58. The van der Waals surface area contributed by atoms with Crippen molar-refractivity contribution < 1.29 is 38.4 Å². The summed E-state index contributed by atoms with van der Waals surface area (Å²) in [6.07, 6.45) is -4.25. The van der Waals surface area contributed by atoms with E-state index in [0.717, 1.165) is 0 Å². The first-order chi connectivity index (χ1) is 9.56. The van der Waals surface area contributed by atoms with Gasteiger partial charge in [-0.05, 0) is 27.7 Å². The van der Waals surface area contributed by atoms with Gasteiger partial charge in [-0.25, -0.2) is 9.59 Å². The summed E-state index contributed by atoms with van der Waals surface area (Å²) in [4.78, 5) is 23.2. The van der Waals surface area contributed by atoms with Crippen molar-refractivity contribution in [1.29, 1.82) is 0 Å². The molecule has 4 atom stereocenters. The highest BCUT2D eigenvalue weighted by atomic mass is 16.8. The van der Waals surface area contributed by atoms with Gasteiger partial charge in [-0.1, -0.05) is 0 Å². The minimum Gasteiger partial charge on any atom is -0.479 e. The third kappa shape index (κ3) is 3.18. The second kappa shape index (κ2) is 5.20. The predicted molar refractivity (Wildman–Crippen MR) is 67.3 cm³/mol. The van der Waals surface area contributed by atoms with E-state index in [-0.39, 0.29) is 0 Å². The summed E-state index contributed by atoms with van der Waals surface area (Å²) < 4.78 is 26.8. The molecule has 2 fully saturated rings. The van der Waals surface area contributed by atoms with Crippen LogP contribution in [0, 0.1) is 0 Å². The molecule has 2 aliphatic heterocycles. The molecule has 0 spiro atoms. The van der Waals surface area contributed by atoms with Gasteiger partial charge in [0.15, 0.2) is 23.8 Å². The molecule has 8 nitrogen and oxygen atoms in total. The van der Waals surface area contributed by atoms with Gasteiger partial charge >= 0.3 is 11.9 Å². The SMILES string of the molecule is COC(=O)[C@@H]1OC(C)(C)O[C@H]1[C@H]1OC(C)(C)O[C@@H]1C(=O)O. The molecule has 1 N–H and O–H groups in total. The summed E-state index contributed by atoms with van der Waals surface area (Å²) >= 11 is 0. The van der Waals surface area contributed by atoms with E-state index < -0.39 is 47.9 Å². The van der Waals surface area contributed by atoms with Gasteiger partial charge in [0.1, 0.15) is 12.2 Å². The monoisotopic (exact) mass is 304 g/mol. The molecule has 0 amide bonds. The summed E-state index contributed by atoms with van der Waals surface area (Å²) in [5.41, 5.74) is 0. The summed E-state index contributed by atoms with van der Waals surface area (Å²) in [6, 6.07) is 0. The number of carbonyl (C=O) groups excluding carboxylic acids is 1. The van der Waals surface area contributed by atoms with Crippen LogP contribution in [-0.4, -0.2) is 60.1 Å². The summed E-state index contributed by atoms with van der Waals surface area (Å²) in [5.74, 6) is -3.99. The Morgan fingerprint density at radius 1 is 0.905 bits per heavy atom. The van der Waals surface area contributed by atoms with E-state index in [9.17, 15) is 14.7 Å². The van der Waals surface area contributed by atoms with Crippen LogP contribution in [0.2, 0.25) is 0 Å². The molecule has 0 radical (unpaired) electrons. The van der Waals surface area contributed by atoms with Crippen LogP contribution in [0.4, 0.5) is 0 Å². The number of esters is 1. The highest BCUT2D eigenvalue weighted by Gasteiger charge is 2.58. The number of carboxylic acids is 1. The Labute approximate surface area is 122 Å². The molecule has 120 valence electrons. The Morgan fingerprint density at radius 3 is 1.76 bits per heavy atom. The van der Waals surface area contributed by atoms with Gasteiger partial charge in [0.05, 0.1) is 7.11 Å². The quantitative estimate of drug-likeness (QED) is 0.742. The van der Waals surface area contributed by atoms with Crippen molar-refractivity contribution in [3.8, 4) is 0 Å². The lowest BCUT2D eigenvalue weighted by molar-refractivity contribution is -0.176. The van der Waals surface area contributed by atoms with Gasteiger partial charge in [0, 0.05) is 0 Å².